The van der Waals surface area contributed by atoms with Crippen molar-refractivity contribution in [1.29, 1.82) is 0 Å². The second-order valence-corrected chi connectivity index (χ2v) is 8.74. The van der Waals surface area contributed by atoms with E-state index >= 15 is 4.39 Å². The highest BCUT2D eigenvalue weighted by Gasteiger charge is 2.21. The van der Waals surface area contributed by atoms with Crippen LogP contribution in [0.4, 0.5) is 9.18 Å². The van der Waals surface area contributed by atoms with E-state index in [1.165, 1.54) is 18.5 Å². The van der Waals surface area contributed by atoms with Crippen molar-refractivity contribution in [3.05, 3.63) is 35.4 Å². The maximum absolute atomic E-state index is 15.0. The van der Waals surface area contributed by atoms with Gasteiger partial charge in [-0.3, -0.25) is 4.68 Å². The third-order valence-corrected chi connectivity index (χ3v) is 5.16. The molecule has 0 saturated heterocycles. The summed E-state index contributed by atoms with van der Waals surface area (Å²) < 4.78 is 22.1. The summed E-state index contributed by atoms with van der Waals surface area (Å²) in [5.41, 5.74) is 2.06. The minimum atomic E-state index is -0.602. The Bertz CT molecular complexity index is 1320. The van der Waals surface area contributed by atoms with Gasteiger partial charge in [0.05, 0.1) is 17.1 Å². The molecule has 1 aromatic carbocycles. The van der Waals surface area contributed by atoms with Crippen molar-refractivity contribution in [2.45, 2.75) is 32.9 Å². The van der Waals surface area contributed by atoms with Crippen LogP contribution in [-0.4, -0.2) is 62.4 Å². The van der Waals surface area contributed by atoms with Gasteiger partial charge in [-0.25, -0.2) is 19.2 Å². The second-order valence-electron chi connectivity index (χ2n) is 8.30. The highest BCUT2D eigenvalue weighted by atomic mass is 35.5. The molecule has 4 aromatic rings. The van der Waals surface area contributed by atoms with Gasteiger partial charge in [-0.1, -0.05) is 11.6 Å². The lowest BCUT2D eigenvalue weighted by molar-refractivity contribution is 0.198. The molecule has 2 N–H and O–H groups in total. The van der Waals surface area contributed by atoms with Crippen LogP contribution in [0.3, 0.4) is 0 Å². The molecular weight excluding hydrogens is 449 g/mol. The smallest absolute Gasteiger partial charge is 0.406 e. The van der Waals surface area contributed by atoms with Crippen LogP contribution < -0.4 is 10.1 Å². The number of halogens is 2. The van der Waals surface area contributed by atoms with Crippen molar-refractivity contribution < 1.29 is 13.9 Å². The molecule has 1 amide bonds. The van der Waals surface area contributed by atoms with Crippen molar-refractivity contribution in [2.75, 3.05) is 20.6 Å². The normalized spacial score (nSPS) is 11.8. The average molecular weight is 474 g/mol. The first kappa shape index (κ1) is 22.9. The SMILES string of the molecule is CC(C)NC(=O)Oc1c[nH]c2ncc(-c3nn(CCCN(C)C)c4cc(Cl)cc(F)c34)nc12. The molecule has 3 aromatic heterocycles. The maximum atomic E-state index is 15.0. The Morgan fingerprint density at radius 3 is 2.88 bits per heavy atom. The van der Waals surface area contributed by atoms with Gasteiger partial charge < -0.3 is 19.9 Å². The van der Waals surface area contributed by atoms with E-state index < -0.39 is 11.9 Å². The van der Waals surface area contributed by atoms with Gasteiger partial charge in [-0.2, -0.15) is 5.10 Å². The molecule has 0 saturated carbocycles. The van der Waals surface area contributed by atoms with Crippen molar-refractivity contribution in [3.63, 3.8) is 0 Å². The summed E-state index contributed by atoms with van der Waals surface area (Å²) in [6.07, 6.45) is 3.24. The fourth-order valence-electron chi connectivity index (χ4n) is 3.53. The van der Waals surface area contributed by atoms with E-state index in [0.717, 1.165) is 13.0 Å². The van der Waals surface area contributed by atoms with Gasteiger partial charge in [-0.15, -0.1) is 0 Å². The summed E-state index contributed by atoms with van der Waals surface area (Å²) >= 11 is 6.13. The van der Waals surface area contributed by atoms with Crippen molar-refractivity contribution in [3.8, 4) is 17.1 Å². The van der Waals surface area contributed by atoms with Gasteiger partial charge in [0.1, 0.15) is 17.2 Å². The summed E-state index contributed by atoms with van der Waals surface area (Å²) in [4.78, 5) is 26.0. The Morgan fingerprint density at radius 2 is 2.15 bits per heavy atom. The zero-order valence-electron chi connectivity index (χ0n) is 18.8. The highest BCUT2D eigenvalue weighted by Crippen LogP contribution is 2.33. The van der Waals surface area contributed by atoms with Crippen LogP contribution in [0.5, 0.6) is 5.75 Å². The van der Waals surface area contributed by atoms with E-state index in [0.29, 0.717) is 45.0 Å². The zero-order valence-corrected chi connectivity index (χ0v) is 19.6. The largest absolute Gasteiger partial charge is 0.412 e. The molecule has 33 heavy (non-hydrogen) atoms. The topological polar surface area (TPSA) is 101 Å². The number of hydrogen-bond donors (Lipinski definition) is 2. The Labute approximate surface area is 194 Å². The van der Waals surface area contributed by atoms with Gasteiger partial charge in [0.25, 0.3) is 0 Å². The molecule has 0 radical (unpaired) electrons. The number of amides is 1. The summed E-state index contributed by atoms with van der Waals surface area (Å²) in [5, 5.41) is 7.91. The maximum Gasteiger partial charge on any atom is 0.412 e. The molecule has 0 bridgehead atoms. The molecule has 0 atom stereocenters. The quantitative estimate of drug-likeness (QED) is 0.417. The number of nitrogens with one attached hydrogen (secondary N) is 2. The van der Waals surface area contributed by atoms with Crippen molar-refractivity contribution in [2.24, 2.45) is 0 Å². The number of ether oxygens (including phenoxy) is 1. The lowest BCUT2D eigenvalue weighted by atomic mass is 10.1. The fourth-order valence-corrected chi connectivity index (χ4v) is 3.73. The van der Waals surface area contributed by atoms with E-state index in [2.05, 4.69) is 30.3 Å². The van der Waals surface area contributed by atoms with Gasteiger partial charge in [0.15, 0.2) is 16.9 Å². The number of H-pyrrole nitrogens is 1. The second kappa shape index (κ2) is 9.32. The number of aryl methyl sites for hydroxylation is 1. The highest BCUT2D eigenvalue weighted by molar-refractivity contribution is 6.31. The monoisotopic (exact) mass is 473 g/mol. The lowest BCUT2D eigenvalue weighted by Gasteiger charge is -2.09. The molecule has 0 unspecified atom stereocenters. The standard InChI is InChI=1S/C22H25ClFN7O2/c1-12(2)27-22(32)33-17-11-26-21-20(17)28-15(10-25-21)19-18-14(24)8-13(23)9-16(18)31(29-19)7-5-6-30(3)4/h8-12H,5-7H2,1-4H3,(H,25,26)(H,27,32). The van der Waals surface area contributed by atoms with E-state index in [1.807, 2.05) is 27.9 Å². The average Bonchev–Trinajstić information content (AvgIpc) is 3.28. The predicted octanol–water partition coefficient (Wildman–Crippen LogP) is 4.22. The van der Waals surface area contributed by atoms with E-state index in [9.17, 15) is 4.79 Å². The number of aromatic amines is 1. The summed E-state index contributed by atoms with van der Waals surface area (Å²) in [6.45, 7) is 5.09. The van der Waals surface area contributed by atoms with Crippen molar-refractivity contribution in [1.82, 2.24) is 34.9 Å². The number of fused-ring (bicyclic) bond motifs is 2. The summed E-state index contributed by atoms with van der Waals surface area (Å²) in [5.74, 6) is -0.272. The van der Waals surface area contributed by atoms with E-state index in [4.69, 9.17) is 16.3 Å². The summed E-state index contributed by atoms with van der Waals surface area (Å²) in [7, 11) is 3.98. The van der Waals surface area contributed by atoms with Gasteiger partial charge >= 0.3 is 6.09 Å². The third-order valence-electron chi connectivity index (χ3n) is 4.94. The van der Waals surface area contributed by atoms with Gasteiger partial charge in [-0.05, 0) is 53.0 Å². The number of carbonyl (C=O) groups excluding carboxylic acids is 1. The first-order valence-corrected chi connectivity index (χ1v) is 10.9. The Hall–Kier alpha value is -3.24. The Balaban J connectivity index is 1.77. The molecule has 174 valence electrons. The van der Waals surface area contributed by atoms with Crippen LogP contribution in [-0.2, 0) is 6.54 Å². The molecular formula is C22H25ClFN7O2. The molecule has 0 spiro atoms. The minimum Gasteiger partial charge on any atom is -0.406 e. The molecule has 9 nitrogen and oxygen atoms in total. The lowest BCUT2D eigenvalue weighted by Crippen LogP contribution is -2.32. The Morgan fingerprint density at radius 1 is 1.36 bits per heavy atom. The molecule has 0 aliphatic heterocycles. The summed E-state index contributed by atoms with van der Waals surface area (Å²) in [6, 6.07) is 2.87. The molecule has 0 fully saturated rings. The van der Waals surface area contributed by atoms with Crippen LogP contribution in [0.1, 0.15) is 20.3 Å². The van der Waals surface area contributed by atoms with Crippen LogP contribution >= 0.6 is 11.6 Å². The van der Waals surface area contributed by atoms with Crippen LogP contribution in [0.2, 0.25) is 5.02 Å². The van der Waals surface area contributed by atoms with Crippen LogP contribution in [0.25, 0.3) is 33.5 Å². The number of benzene rings is 1. The van der Waals surface area contributed by atoms with Gasteiger partial charge in [0, 0.05) is 23.8 Å². The number of carbonyl (C=O) groups is 1. The van der Waals surface area contributed by atoms with E-state index in [-0.39, 0.29) is 11.8 Å². The third kappa shape index (κ3) is 4.91. The number of hydrogen-bond acceptors (Lipinski definition) is 6. The molecule has 4 rings (SSSR count). The molecule has 0 aliphatic rings. The number of aromatic nitrogens is 5. The predicted molar refractivity (Wildman–Crippen MR) is 125 cm³/mol. The van der Waals surface area contributed by atoms with E-state index in [1.54, 1.807) is 10.7 Å². The number of rotatable bonds is 7. The number of nitrogens with zero attached hydrogens (tertiary/aromatic N) is 5. The van der Waals surface area contributed by atoms with Gasteiger partial charge in [0.2, 0.25) is 0 Å². The first-order chi connectivity index (χ1) is 15.7. The zero-order chi connectivity index (χ0) is 23.7. The molecule has 11 heteroatoms. The first-order valence-electron chi connectivity index (χ1n) is 10.6. The fraction of sp³-hybridized carbons (Fsp3) is 0.364. The molecule has 3 heterocycles. The van der Waals surface area contributed by atoms with Crippen LogP contribution in [0, 0.1) is 5.82 Å². The van der Waals surface area contributed by atoms with Crippen LogP contribution in [0.15, 0.2) is 24.5 Å². The Kier molecular flexibility index (Phi) is 6.48. The van der Waals surface area contributed by atoms with Crippen molar-refractivity contribution >= 4 is 39.8 Å². The molecule has 0 aliphatic carbocycles. The minimum absolute atomic E-state index is 0.0815.